The molecule has 2 fully saturated rings. The van der Waals surface area contributed by atoms with Crippen molar-refractivity contribution in [2.24, 2.45) is 11.3 Å². The van der Waals surface area contributed by atoms with Crippen molar-refractivity contribution in [1.29, 1.82) is 0 Å². The van der Waals surface area contributed by atoms with E-state index in [1.165, 1.54) is 7.11 Å². The van der Waals surface area contributed by atoms with Gasteiger partial charge in [0.1, 0.15) is 11.9 Å². The summed E-state index contributed by atoms with van der Waals surface area (Å²) in [5.41, 5.74) is 2.89. The van der Waals surface area contributed by atoms with Crippen LogP contribution in [-0.4, -0.2) is 46.6 Å². The molecular weight excluding hydrogens is 380 g/mol. The van der Waals surface area contributed by atoms with Gasteiger partial charge in [0.25, 0.3) is 0 Å². The van der Waals surface area contributed by atoms with Crippen molar-refractivity contribution in [2.75, 3.05) is 13.7 Å². The monoisotopic (exact) mass is 408 g/mol. The van der Waals surface area contributed by atoms with Gasteiger partial charge >= 0.3 is 6.09 Å². The third kappa shape index (κ3) is 3.74. The molecule has 2 N–H and O–H groups in total. The normalized spacial score (nSPS) is 20.2. The molecule has 1 aliphatic heterocycles. The number of benzene rings is 1. The predicted molar refractivity (Wildman–Crippen MR) is 114 cm³/mol. The Balaban J connectivity index is 1.65. The van der Waals surface area contributed by atoms with E-state index in [0.29, 0.717) is 6.54 Å². The lowest BCUT2D eigenvalue weighted by Crippen LogP contribution is -2.51. The lowest BCUT2D eigenvalue weighted by molar-refractivity contribution is -0.135. The van der Waals surface area contributed by atoms with Crippen LogP contribution in [0.15, 0.2) is 18.2 Å². The number of aromatic amines is 1. The van der Waals surface area contributed by atoms with Crippen molar-refractivity contribution < 1.29 is 14.3 Å². The first-order valence-corrected chi connectivity index (χ1v) is 10.4. The number of nitrogens with zero attached hydrogens (tertiary/aromatic N) is 2. The van der Waals surface area contributed by atoms with E-state index in [2.05, 4.69) is 22.1 Å². The number of imidazole rings is 1. The van der Waals surface area contributed by atoms with Crippen LogP contribution in [0.2, 0.25) is 0 Å². The van der Waals surface area contributed by atoms with Gasteiger partial charge in [0.15, 0.2) is 0 Å². The highest BCUT2D eigenvalue weighted by Crippen LogP contribution is 2.58. The molecular formula is C23H28N4O3. The van der Waals surface area contributed by atoms with Gasteiger partial charge in [-0.2, -0.15) is 0 Å². The van der Waals surface area contributed by atoms with Crippen molar-refractivity contribution in [3.63, 3.8) is 0 Å². The lowest BCUT2D eigenvalue weighted by Gasteiger charge is -2.30. The minimum absolute atomic E-state index is 0.0566. The number of methoxy groups -OCH3 is 1. The van der Waals surface area contributed by atoms with Crippen molar-refractivity contribution >= 4 is 23.0 Å². The molecule has 2 aromatic rings. The van der Waals surface area contributed by atoms with E-state index >= 15 is 0 Å². The molecule has 2 aliphatic rings. The molecule has 4 rings (SSSR count). The van der Waals surface area contributed by atoms with Crippen LogP contribution < -0.4 is 5.32 Å². The maximum Gasteiger partial charge on any atom is 0.407 e. The smallest absolute Gasteiger partial charge is 0.407 e. The van der Waals surface area contributed by atoms with Crippen LogP contribution in [0.4, 0.5) is 4.79 Å². The van der Waals surface area contributed by atoms with Crippen LogP contribution >= 0.6 is 0 Å². The summed E-state index contributed by atoms with van der Waals surface area (Å²) >= 11 is 0. The molecule has 7 nitrogen and oxygen atoms in total. The number of rotatable bonds is 4. The number of hydrogen-bond acceptors (Lipinski definition) is 4. The van der Waals surface area contributed by atoms with Gasteiger partial charge in [-0.1, -0.05) is 19.8 Å². The minimum Gasteiger partial charge on any atom is -0.453 e. The Morgan fingerprint density at radius 2 is 2.13 bits per heavy atom. The Morgan fingerprint density at radius 1 is 1.37 bits per heavy atom. The van der Waals surface area contributed by atoms with Crippen molar-refractivity contribution in [1.82, 2.24) is 20.2 Å². The Labute approximate surface area is 176 Å². The highest BCUT2D eigenvalue weighted by atomic mass is 16.5. The van der Waals surface area contributed by atoms with Gasteiger partial charge in [-0.25, -0.2) is 9.78 Å². The molecule has 1 saturated carbocycles. The van der Waals surface area contributed by atoms with E-state index in [1.807, 2.05) is 43.9 Å². The number of hydrogen-bond donors (Lipinski definition) is 2. The number of H-pyrrole nitrogens is 1. The topological polar surface area (TPSA) is 87.3 Å². The Hall–Kier alpha value is -3.01. The average molecular weight is 409 g/mol. The molecule has 2 heterocycles. The molecule has 1 saturated heterocycles. The molecule has 158 valence electrons. The van der Waals surface area contributed by atoms with Gasteiger partial charge in [0.05, 0.1) is 24.2 Å². The zero-order chi connectivity index (χ0) is 21.5. The van der Waals surface area contributed by atoms with Gasteiger partial charge in [0, 0.05) is 12.1 Å². The second-order valence-corrected chi connectivity index (χ2v) is 8.77. The predicted octanol–water partition coefficient (Wildman–Crippen LogP) is 3.37. The molecule has 2 atom stereocenters. The van der Waals surface area contributed by atoms with Gasteiger partial charge in [-0.3, -0.25) is 4.79 Å². The van der Waals surface area contributed by atoms with Gasteiger partial charge in [0.2, 0.25) is 5.91 Å². The molecule has 2 amide bonds. The van der Waals surface area contributed by atoms with Gasteiger partial charge in [-0.15, -0.1) is 5.92 Å². The molecule has 0 unspecified atom stereocenters. The quantitative estimate of drug-likeness (QED) is 0.760. The average Bonchev–Trinajstić information content (AvgIpc) is 3.17. The molecule has 0 bridgehead atoms. The summed E-state index contributed by atoms with van der Waals surface area (Å²) in [4.78, 5) is 35.4. The van der Waals surface area contributed by atoms with Crippen LogP contribution in [-0.2, 0) is 9.53 Å². The third-order valence-corrected chi connectivity index (χ3v) is 6.23. The first-order valence-electron chi connectivity index (χ1n) is 10.4. The van der Waals surface area contributed by atoms with Crippen molar-refractivity contribution in [2.45, 2.75) is 52.1 Å². The zero-order valence-corrected chi connectivity index (χ0v) is 17.9. The summed E-state index contributed by atoms with van der Waals surface area (Å²) in [6, 6.07) is 5.15. The fourth-order valence-electron chi connectivity index (χ4n) is 4.35. The molecule has 7 heteroatoms. The Kier molecular flexibility index (Phi) is 5.19. The summed E-state index contributed by atoms with van der Waals surface area (Å²) in [6.45, 7) is 6.36. The van der Waals surface area contributed by atoms with Crippen LogP contribution in [0.3, 0.4) is 0 Å². The highest BCUT2D eigenvalue weighted by molar-refractivity contribution is 5.87. The van der Waals surface area contributed by atoms with E-state index in [0.717, 1.165) is 41.7 Å². The number of carbonyl (C=O) groups excluding carboxylic acids is 2. The Morgan fingerprint density at radius 3 is 2.77 bits per heavy atom. The second kappa shape index (κ2) is 7.67. The number of amides is 2. The van der Waals surface area contributed by atoms with E-state index in [-0.39, 0.29) is 23.3 Å². The van der Waals surface area contributed by atoms with E-state index in [4.69, 9.17) is 9.72 Å². The summed E-state index contributed by atoms with van der Waals surface area (Å²) < 4.78 is 4.73. The number of likely N-dealkylation sites (tertiary alicyclic amines) is 1. The minimum atomic E-state index is -0.635. The van der Waals surface area contributed by atoms with Crippen molar-refractivity contribution in [3.8, 4) is 11.8 Å². The van der Waals surface area contributed by atoms with Crippen molar-refractivity contribution in [3.05, 3.63) is 29.6 Å². The summed E-state index contributed by atoms with van der Waals surface area (Å²) in [5, 5.41) is 2.71. The zero-order valence-electron chi connectivity index (χ0n) is 17.9. The molecule has 0 radical (unpaired) electrons. The summed E-state index contributed by atoms with van der Waals surface area (Å²) in [5.74, 6) is 6.63. The number of carbonyl (C=O) groups is 2. The largest absolute Gasteiger partial charge is 0.453 e. The summed E-state index contributed by atoms with van der Waals surface area (Å²) in [6.07, 6.45) is 2.55. The lowest BCUT2D eigenvalue weighted by atomic mass is 10.0. The number of aromatic nitrogens is 2. The number of alkyl carbamates (subject to hydrolysis) is 1. The standard InChI is InChI=1S/C23H28N4O3/c1-5-6-15-7-8-16-17(11-15)25-20(24-16)18-12-23(9-10-23)13-27(18)21(28)19(14(2)3)26-22(29)30-4/h7-8,11,14,18-19H,9-10,12-13H2,1-4H3,(H,24,25)(H,26,29)/t18-,19-/m0/s1. The highest BCUT2D eigenvalue weighted by Gasteiger charge is 2.55. The fourth-order valence-corrected chi connectivity index (χ4v) is 4.35. The number of ether oxygens (including phenoxy) is 1. The summed E-state index contributed by atoms with van der Waals surface area (Å²) in [7, 11) is 1.31. The number of nitrogens with one attached hydrogen (secondary N) is 2. The van der Waals surface area contributed by atoms with E-state index in [9.17, 15) is 9.59 Å². The fraction of sp³-hybridized carbons (Fsp3) is 0.522. The van der Waals surface area contributed by atoms with Crippen LogP contribution in [0.25, 0.3) is 11.0 Å². The van der Waals surface area contributed by atoms with Gasteiger partial charge in [-0.05, 0) is 55.7 Å². The molecule has 1 aliphatic carbocycles. The molecule has 1 aromatic heterocycles. The maximum absolute atomic E-state index is 13.5. The SMILES string of the molecule is CC#Cc1ccc2[nH]c([C@@H]3CC4(CC4)CN3C(=O)[C@@H](NC(=O)OC)C(C)C)nc2c1. The number of fused-ring (bicyclic) bond motifs is 1. The second-order valence-electron chi connectivity index (χ2n) is 8.77. The van der Waals surface area contributed by atoms with Crippen LogP contribution in [0.1, 0.15) is 57.5 Å². The molecule has 30 heavy (non-hydrogen) atoms. The third-order valence-electron chi connectivity index (χ3n) is 6.23. The van der Waals surface area contributed by atoms with Crippen LogP contribution in [0, 0.1) is 23.2 Å². The maximum atomic E-state index is 13.5. The first-order chi connectivity index (χ1) is 14.4. The van der Waals surface area contributed by atoms with Gasteiger partial charge < -0.3 is 19.9 Å². The molecule has 1 aromatic carbocycles. The Bertz CT molecular complexity index is 1040. The van der Waals surface area contributed by atoms with Crippen LogP contribution in [0.5, 0.6) is 0 Å². The molecule has 1 spiro atoms. The van der Waals surface area contributed by atoms with E-state index < -0.39 is 12.1 Å². The van der Waals surface area contributed by atoms with E-state index in [1.54, 1.807) is 0 Å². The first kappa shape index (κ1) is 20.3.